The van der Waals surface area contributed by atoms with Gasteiger partial charge in [-0.15, -0.1) is 23.1 Å². The average molecular weight is 631 g/mol. The number of hydrogen-bond donors (Lipinski definition) is 2. The van der Waals surface area contributed by atoms with Gasteiger partial charge in [-0.3, -0.25) is 9.59 Å². The number of hydrogen-bond acceptors (Lipinski definition) is 8. The van der Waals surface area contributed by atoms with E-state index < -0.39 is 11.2 Å². The Morgan fingerprint density at radius 2 is 1.57 bits per heavy atom. The number of rotatable bonds is 11. The first-order valence-electron chi connectivity index (χ1n) is 14.4. The van der Waals surface area contributed by atoms with Gasteiger partial charge in [0, 0.05) is 15.5 Å². The van der Waals surface area contributed by atoms with Crippen LogP contribution in [0.1, 0.15) is 61.7 Å². The lowest BCUT2D eigenvalue weighted by molar-refractivity contribution is -0.115. The molecule has 2 N–H and O–H groups in total. The van der Waals surface area contributed by atoms with Crippen molar-refractivity contribution >= 4 is 51.6 Å². The number of ether oxygens (including phenoxy) is 3. The second kappa shape index (κ2) is 14.5. The number of thiophene rings is 1. The Hall–Kier alpha value is -4.28. The van der Waals surface area contributed by atoms with Crippen LogP contribution in [-0.4, -0.2) is 38.6 Å². The zero-order valence-corrected chi connectivity index (χ0v) is 26.4. The van der Waals surface area contributed by atoms with Crippen LogP contribution in [-0.2, 0) is 22.4 Å². The highest BCUT2D eigenvalue weighted by atomic mass is 32.2. The molecule has 10 heteroatoms. The Labute approximate surface area is 265 Å². The lowest BCUT2D eigenvalue weighted by Crippen LogP contribution is -2.20. The zero-order valence-electron chi connectivity index (χ0n) is 24.8. The summed E-state index contributed by atoms with van der Waals surface area (Å²) in [4.78, 5) is 42.2. The van der Waals surface area contributed by atoms with Gasteiger partial charge in [0.25, 0.3) is 5.91 Å². The molecule has 0 saturated heterocycles. The number of carbonyl (C=O) groups excluding carboxylic acids is 3. The van der Waals surface area contributed by atoms with Crippen LogP contribution in [0.25, 0.3) is 0 Å². The van der Waals surface area contributed by atoms with E-state index >= 15 is 0 Å². The van der Waals surface area contributed by atoms with Gasteiger partial charge in [0.2, 0.25) is 5.91 Å². The highest BCUT2D eigenvalue weighted by Gasteiger charge is 2.30. The molecule has 8 nitrogen and oxygen atoms in total. The van der Waals surface area contributed by atoms with Crippen molar-refractivity contribution < 1.29 is 28.6 Å². The van der Waals surface area contributed by atoms with Gasteiger partial charge < -0.3 is 24.8 Å². The van der Waals surface area contributed by atoms with Crippen molar-refractivity contribution in [2.24, 2.45) is 0 Å². The van der Waals surface area contributed by atoms with E-state index in [1.165, 1.54) is 37.3 Å². The van der Waals surface area contributed by atoms with Gasteiger partial charge in [-0.25, -0.2) is 4.79 Å². The molecular weight excluding hydrogens is 597 g/mol. The van der Waals surface area contributed by atoms with E-state index in [2.05, 4.69) is 10.6 Å². The molecule has 1 aliphatic rings. The lowest BCUT2D eigenvalue weighted by Gasteiger charge is -2.18. The molecule has 4 aromatic rings. The van der Waals surface area contributed by atoms with Crippen LogP contribution >= 0.6 is 23.1 Å². The van der Waals surface area contributed by atoms with E-state index in [4.69, 9.17) is 14.2 Å². The smallest absolute Gasteiger partial charge is 0.341 e. The third-order valence-corrected chi connectivity index (χ3v) is 9.68. The number of aryl methyl sites for hydroxylation is 1. The van der Waals surface area contributed by atoms with Crippen LogP contribution in [0, 0.1) is 0 Å². The van der Waals surface area contributed by atoms with E-state index in [1.54, 1.807) is 31.2 Å². The molecule has 2 amide bonds. The summed E-state index contributed by atoms with van der Waals surface area (Å²) < 4.78 is 16.2. The van der Waals surface area contributed by atoms with Crippen molar-refractivity contribution in [2.75, 3.05) is 31.5 Å². The first-order valence-corrected chi connectivity index (χ1v) is 16.1. The van der Waals surface area contributed by atoms with Gasteiger partial charge in [0.15, 0.2) is 0 Å². The summed E-state index contributed by atoms with van der Waals surface area (Å²) in [5, 5.41) is 5.91. The van der Waals surface area contributed by atoms with E-state index in [9.17, 15) is 14.4 Å². The fourth-order valence-electron chi connectivity index (χ4n) is 5.20. The summed E-state index contributed by atoms with van der Waals surface area (Å²) in [7, 11) is 3.00. The molecule has 3 aromatic carbocycles. The van der Waals surface area contributed by atoms with Crippen LogP contribution in [0.2, 0.25) is 0 Å². The Morgan fingerprint density at radius 1 is 0.864 bits per heavy atom. The molecule has 0 radical (unpaired) electrons. The molecule has 1 aromatic heterocycles. The maximum absolute atomic E-state index is 14.0. The van der Waals surface area contributed by atoms with Crippen LogP contribution < -0.4 is 20.1 Å². The SMILES string of the molecule is CCOC(=O)c1c(NC(=O)C(Sc2cccc(NC(=O)c3c(OC)cccc3OC)c2)c2ccccc2)sc2c1CCCC2. The minimum atomic E-state index is -0.634. The Bertz CT molecular complexity index is 1630. The van der Waals surface area contributed by atoms with Crippen molar-refractivity contribution in [3.8, 4) is 11.5 Å². The molecular formula is C34H34N2O6S2. The largest absolute Gasteiger partial charge is 0.496 e. The molecule has 0 fully saturated rings. The summed E-state index contributed by atoms with van der Waals surface area (Å²) >= 11 is 2.82. The molecule has 0 bridgehead atoms. The second-order valence-electron chi connectivity index (χ2n) is 10.1. The van der Waals surface area contributed by atoms with Crippen LogP contribution in [0.3, 0.4) is 0 Å². The topological polar surface area (TPSA) is 103 Å². The third-order valence-electron chi connectivity index (χ3n) is 7.23. The summed E-state index contributed by atoms with van der Waals surface area (Å²) in [5.41, 5.74) is 3.12. The van der Waals surface area contributed by atoms with Gasteiger partial charge in [-0.1, -0.05) is 42.5 Å². The van der Waals surface area contributed by atoms with Gasteiger partial charge in [0.05, 0.1) is 26.4 Å². The van der Waals surface area contributed by atoms with Crippen molar-refractivity contribution in [2.45, 2.75) is 42.8 Å². The summed E-state index contributed by atoms with van der Waals surface area (Å²) in [6.45, 7) is 2.04. The minimum Gasteiger partial charge on any atom is -0.496 e. The standard InChI is InChI=1S/C34H34N2O6S2/c1-4-42-34(39)28-24-16-8-9-19-27(24)44-33(28)36-32(38)30(21-12-6-5-7-13-21)43-23-15-10-14-22(20-23)35-31(37)29-25(40-2)17-11-18-26(29)41-3/h5-7,10-15,17-18,20,30H,4,8-9,16,19H2,1-3H3,(H,35,37)(H,36,38). The molecule has 0 aliphatic heterocycles. The molecule has 44 heavy (non-hydrogen) atoms. The predicted molar refractivity (Wildman–Crippen MR) is 175 cm³/mol. The maximum Gasteiger partial charge on any atom is 0.341 e. The number of carbonyl (C=O) groups is 3. The predicted octanol–water partition coefficient (Wildman–Crippen LogP) is 7.55. The number of fused-ring (bicyclic) bond motifs is 1. The number of methoxy groups -OCH3 is 2. The van der Waals surface area contributed by atoms with Gasteiger partial charge in [0.1, 0.15) is 27.3 Å². The van der Waals surface area contributed by atoms with E-state index in [0.717, 1.165) is 46.6 Å². The van der Waals surface area contributed by atoms with Crippen molar-refractivity contribution in [3.05, 3.63) is 99.9 Å². The molecule has 0 saturated carbocycles. The quantitative estimate of drug-likeness (QED) is 0.130. The Kier molecular flexibility index (Phi) is 10.2. The summed E-state index contributed by atoms with van der Waals surface area (Å²) in [5.74, 6) is -0.247. The number of anilines is 2. The molecule has 1 aliphatic carbocycles. The van der Waals surface area contributed by atoms with E-state index in [-0.39, 0.29) is 24.0 Å². The number of thioether (sulfide) groups is 1. The fraction of sp³-hybridized carbons (Fsp3) is 0.265. The molecule has 228 valence electrons. The highest BCUT2D eigenvalue weighted by Crippen LogP contribution is 2.42. The number of benzene rings is 3. The second-order valence-corrected chi connectivity index (χ2v) is 12.3. The molecule has 0 spiro atoms. The van der Waals surface area contributed by atoms with Crippen molar-refractivity contribution in [3.63, 3.8) is 0 Å². The van der Waals surface area contributed by atoms with E-state index in [0.29, 0.717) is 27.8 Å². The Balaban J connectivity index is 1.41. The van der Waals surface area contributed by atoms with Gasteiger partial charge in [-0.2, -0.15) is 0 Å². The van der Waals surface area contributed by atoms with Crippen LogP contribution in [0.15, 0.2) is 77.7 Å². The lowest BCUT2D eigenvalue weighted by atomic mass is 9.95. The number of nitrogens with one attached hydrogen (secondary N) is 2. The molecule has 1 unspecified atom stereocenters. The molecule has 1 atom stereocenters. The zero-order chi connectivity index (χ0) is 31.1. The highest BCUT2D eigenvalue weighted by molar-refractivity contribution is 8.00. The maximum atomic E-state index is 14.0. The number of esters is 1. The first-order chi connectivity index (χ1) is 21.4. The van der Waals surface area contributed by atoms with Gasteiger partial charge in [-0.05, 0) is 74.1 Å². The van der Waals surface area contributed by atoms with Crippen molar-refractivity contribution in [1.82, 2.24) is 0 Å². The first kappa shape index (κ1) is 31.2. The monoisotopic (exact) mass is 630 g/mol. The van der Waals surface area contributed by atoms with Gasteiger partial charge >= 0.3 is 5.97 Å². The molecule has 1 heterocycles. The van der Waals surface area contributed by atoms with E-state index in [1.807, 2.05) is 48.5 Å². The minimum absolute atomic E-state index is 0.251. The summed E-state index contributed by atoms with van der Waals surface area (Å²) in [6, 6.07) is 22.0. The fourth-order valence-corrected chi connectivity index (χ4v) is 7.57. The van der Waals surface area contributed by atoms with Crippen LogP contribution in [0.5, 0.6) is 11.5 Å². The Morgan fingerprint density at radius 3 is 2.27 bits per heavy atom. The van der Waals surface area contributed by atoms with Crippen LogP contribution in [0.4, 0.5) is 10.7 Å². The third kappa shape index (κ3) is 6.92. The average Bonchev–Trinajstić information content (AvgIpc) is 3.41. The summed E-state index contributed by atoms with van der Waals surface area (Å²) in [6.07, 6.45) is 3.75. The molecule has 5 rings (SSSR count). The van der Waals surface area contributed by atoms with Crippen molar-refractivity contribution in [1.29, 1.82) is 0 Å². The number of amides is 2. The normalized spacial score (nSPS) is 12.9.